The van der Waals surface area contributed by atoms with E-state index in [2.05, 4.69) is 22.2 Å². The minimum Gasteiger partial charge on any atom is -0.469 e. The molecule has 0 saturated carbocycles. The highest BCUT2D eigenvalue weighted by molar-refractivity contribution is 5.81. The van der Waals surface area contributed by atoms with Crippen LogP contribution in [0, 0.1) is 0 Å². The van der Waals surface area contributed by atoms with Crippen LogP contribution in [-0.2, 0) is 20.7 Å². The summed E-state index contributed by atoms with van der Waals surface area (Å²) in [5.74, 6) is -0.456. The molecule has 98 valence electrons. The van der Waals surface area contributed by atoms with E-state index < -0.39 is 0 Å². The average Bonchev–Trinajstić information content (AvgIpc) is 2.42. The van der Waals surface area contributed by atoms with Gasteiger partial charge in [0.1, 0.15) is 0 Å². The lowest BCUT2D eigenvalue weighted by atomic mass is 10.1. The fourth-order valence-electron chi connectivity index (χ4n) is 1.57. The second-order valence-corrected chi connectivity index (χ2v) is 4.02. The number of nitrogens with one attached hydrogen (secondary N) is 1. The Morgan fingerprint density at radius 2 is 1.89 bits per heavy atom. The Bertz CT molecular complexity index is 376. The molecule has 0 aliphatic heterocycles. The molecule has 1 N–H and O–H groups in total. The summed E-state index contributed by atoms with van der Waals surface area (Å²) in [6.45, 7) is 0.634. The van der Waals surface area contributed by atoms with Gasteiger partial charge in [-0.2, -0.15) is 0 Å². The molecular formula is C14H19NO3. The van der Waals surface area contributed by atoms with E-state index >= 15 is 0 Å². The Morgan fingerprint density at radius 3 is 2.56 bits per heavy atom. The quantitative estimate of drug-likeness (QED) is 0.591. The van der Waals surface area contributed by atoms with E-state index in [0.717, 1.165) is 12.8 Å². The highest BCUT2D eigenvalue weighted by Gasteiger charge is 2.05. The predicted molar refractivity (Wildman–Crippen MR) is 69.0 cm³/mol. The van der Waals surface area contributed by atoms with Crippen LogP contribution in [0.5, 0.6) is 0 Å². The maximum atomic E-state index is 11.4. The minimum atomic E-state index is -0.352. The van der Waals surface area contributed by atoms with Crippen LogP contribution in [0.2, 0.25) is 0 Å². The molecule has 0 heterocycles. The molecule has 0 bridgehead atoms. The van der Waals surface area contributed by atoms with Crippen LogP contribution < -0.4 is 5.32 Å². The van der Waals surface area contributed by atoms with Crippen LogP contribution in [0.15, 0.2) is 30.3 Å². The number of methoxy groups -OCH3 is 1. The number of hydrogen-bond donors (Lipinski definition) is 1. The number of rotatable bonds is 7. The van der Waals surface area contributed by atoms with E-state index in [1.807, 2.05) is 18.2 Å². The number of esters is 1. The third-order valence-corrected chi connectivity index (χ3v) is 2.59. The summed E-state index contributed by atoms with van der Waals surface area (Å²) < 4.78 is 4.47. The number of amides is 1. The van der Waals surface area contributed by atoms with Crippen LogP contribution in [0.25, 0.3) is 0 Å². The normalized spacial score (nSPS) is 9.83. The van der Waals surface area contributed by atoms with Gasteiger partial charge in [0.2, 0.25) is 5.91 Å². The standard InChI is InChI=1S/C14H19NO3/c1-18-14(17)10-9-13(16)15-11-5-8-12-6-3-2-4-7-12/h2-4,6-7H,5,8-11H2,1H3,(H,15,16). The molecule has 0 atom stereocenters. The van der Waals surface area contributed by atoms with Gasteiger partial charge in [0.25, 0.3) is 0 Å². The molecule has 0 unspecified atom stereocenters. The Hall–Kier alpha value is -1.84. The first-order valence-electron chi connectivity index (χ1n) is 6.10. The van der Waals surface area contributed by atoms with E-state index in [1.54, 1.807) is 0 Å². The lowest BCUT2D eigenvalue weighted by Gasteiger charge is -2.05. The molecule has 0 aromatic heterocycles. The van der Waals surface area contributed by atoms with Crippen molar-refractivity contribution in [3.8, 4) is 0 Å². The average molecular weight is 249 g/mol. The molecule has 0 radical (unpaired) electrons. The van der Waals surface area contributed by atoms with Crippen molar-refractivity contribution in [1.82, 2.24) is 5.32 Å². The van der Waals surface area contributed by atoms with Crippen molar-refractivity contribution in [2.75, 3.05) is 13.7 Å². The monoisotopic (exact) mass is 249 g/mol. The molecular weight excluding hydrogens is 230 g/mol. The summed E-state index contributed by atoms with van der Waals surface area (Å²) in [6, 6.07) is 10.1. The maximum Gasteiger partial charge on any atom is 0.306 e. The maximum absolute atomic E-state index is 11.4. The number of aryl methyl sites for hydroxylation is 1. The first kappa shape index (κ1) is 14.2. The highest BCUT2D eigenvalue weighted by Crippen LogP contribution is 2.01. The van der Waals surface area contributed by atoms with E-state index in [9.17, 15) is 9.59 Å². The third kappa shape index (κ3) is 6.03. The molecule has 1 aromatic carbocycles. The summed E-state index contributed by atoms with van der Waals surface area (Å²) in [7, 11) is 1.32. The molecule has 18 heavy (non-hydrogen) atoms. The second kappa shape index (κ2) is 8.28. The number of carbonyl (C=O) groups is 2. The second-order valence-electron chi connectivity index (χ2n) is 4.02. The smallest absolute Gasteiger partial charge is 0.306 e. The third-order valence-electron chi connectivity index (χ3n) is 2.59. The molecule has 0 saturated heterocycles. The minimum absolute atomic E-state index is 0.103. The topological polar surface area (TPSA) is 55.4 Å². The van der Waals surface area contributed by atoms with Gasteiger partial charge < -0.3 is 10.1 Å². The van der Waals surface area contributed by atoms with Crippen LogP contribution in [0.4, 0.5) is 0 Å². The fourth-order valence-corrected chi connectivity index (χ4v) is 1.57. The van der Waals surface area contributed by atoms with Crippen molar-refractivity contribution in [2.45, 2.75) is 25.7 Å². The number of benzene rings is 1. The Kier molecular flexibility index (Phi) is 6.54. The summed E-state index contributed by atoms with van der Waals surface area (Å²) in [6.07, 6.45) is 2.17. The van der Waals surface area contributed by atoms with E-state index in [-0.39, 0.29) is 24.7 Å². The Morgan fingerprint density at radius 1 is 1.17 bits per heavy atom. The van der Waals surface area contributed by atoms with Gasteiger partial charge in [0, 0.05) is 13.0 Å². The zero-order valence-electron chi connectivity index (χ0n) is 10.6. The lowest BCUT2D eigenvalue weighted by molar-refractivity contribution is -0.142. The van der Waals surface area contributed by atoms with Gasteiger partial charge in [-0.1, -0.05) is 30.3 Å². The van der Waals surface area contributed by atoms with Crippen molar-refractivity contribution in [1.29, 1.82) is 0 Å². The molecule has 0 fully saturated rings. The van der Waals surface area contributed by atoms with Crippen LogP contribution in [0.1, 0.15) is 24.8 Å². The lowest BCUT2D eigenvalue weighted by Crippen LogP contribution is -2.25. The number of carbonyl (C=O) groups excluding carboxylic acids is 2. The largest absolute Gasteiger partial charge is 0.469 e. The van der Waals surface area contributed by atoms with Crippen molar-refractivity contribution >= 4 is 11.9 Å². The molecule has 4 heteroatoms. The first-order valence-corrected chi connectivity index (χ1v) is 6.10. The van der Waals surface area contributed by atoms with Gasteiger partial charge in [0.15, 0.2) is 0 Å². The molecule has 1 rings (SSSR count). The SMILES string of the molecule is COC(=O)CCC(=O)NCCCc1ccccc1. The number of ether oxygens (including phenoxy) is 1. The first-order chi connectivity index (χ1) is 8.72. The Balaban J connectivity index is 2.07. The molecule has 0 spiro atoms. The molecule has 0 aliphatic carbocycles. The Labute approximate surface area is 107 Å². The van der Waals surface area contributed by atoms with Crippen molar-refractivity contribution in [2.24, 2.45) is 0 Å². The van der Waals surface area contributed by atoms with Gasteiger partial charge in [-0.25, -0.2) is 0 Å². The summed E-state index contributed by atoms with van der Waals surface area (Å²) in [5, 5.41) is 2.79. The van der Waals surface area contributed by atoms with E-state index in [1.165, 1.54) is 12.7 Å². The highest BCUT2D eigenvalue weighted by atomic mass is 16.5. The summed E-state index contributed by atoms with van der Waals surface area (Å²) in [5.41, 5.74) is 1.27. The van der Waals surface area contributed by atoms with Crippen LogP contribution in [-0.4, -0.2) is 25.5 Å². The van der Waals surface area contributed by atoms with Gasteiger partial charge >= 0.3 is 5.97 Å². The van der Waals surface area contributed by atoms with Gasteiger partial charge in [-0.15, -0.1) is 0 Å². The van der Waals surface area contributed by atoms with Gasteiger partial charge in [-0.3, -0.25) is 9.59 Å². The predicted octanol–water partition coefficient (Wildman–Crippen LogP) is 1.69. The molecule has 1 amide bonds. The molecule has 4 nitrogen and oxygen atoms in total. The fraction of sp³-hybridized carbons (Fsp3) is 0.429. The van der Waals surface area contributed by atoms with E-state index in [4.69, 9.17) is 0 Å². The zero-order chi connectivity index (χ0) is 13.2. The van der Waals surface area contributed by atoms with Crippen molar-refractivity contribution in [3.05, 3.63) is 35.9 Å². The zero-order valence-corrected chi connectivity index (χ0v) is 10.6. The van der Waals surface area contributed by atoms with E-state index in [0.29, 0.717) is 6.54 Å². The number of hydrogen-bond acceptors (Lipinski definition) is 3. The molecule has 0 aliphatic rings. The van der Waals surface area contributed by atoms with Crippen LogP contribution in [0.3, 0.4) is 0 Å². The van der Waals surface area contributed by atoms with Crippen LogP contribution >= 0.6 is 0 Å². The summed E-state index contributed by atoms with van der Waals surface area (Å²) in [4.78, 5) is 22.2. The van der Waals surface area contributed by atoms with Crippen molar-refractivity contribution in [3.63, 3.8) is 0 Å². The van der Waals surface area contributed by atoms with Gasteiger partial charge in [0.05, 0.1) is 13.5 Å². The van der Waals surface area contributed by atoms with Crippen molar-refractivity contribution < 1.29 is 14.3 Å². The summed E-state index contributed by atoms with van der Waals surface area (Å²) >= 11 is 0. The molecule has 1 aromatic rings. The van der Waals surface area contributed by atoms with Gasteiger partial charge in [-0.05, 0) is 18.4 Å².